The highest BCUT2D eigenvalue weighted by Gasteiger charge is 2.13. The highest BCUT2D eigenvalue weighted by molar-refractivity contribution is 5.76. The summed E-state index contributed by atoms with van der Waals surface area (Å²) < 4.78 is 13.7. The molecule has 0 heterocycles. The van der Waals surface area contributed by atoms with E-state index in [1.807, 2.05) is 6.07 Å². The third-order valence-corrected chi connectivity index (χ3v) is 2.76. The van der Waals surface area contributed by atoms with E-state index in [1.165, 1.54) is 12.1 Å². The van der Waals surface area contributed by atoms with Gasteiger partial charge in [-0.25, -0.2) is 4.39 Å². The minimum absolute atomic E-state index is 0.0627. The molecule has 2 N–H and O–H groups in total. The number of benzene rings is 2. The van der Waals surface area contributed by atoms with Gasteiger partial charge >= 0.3 is 5.97 Å². The predicted octanol–water partition coefficient (Wildman–Crippen LogP) is 3.07. The summed E-state index contributed by atoms with van der Waals surface area (Å²) in [6.45, 7) is 0. The van der Waals surface area contributed by atoms with Crippen molar-refractivity contribution in [3.63, 3.8) is 0 Å². The number of carbonyl (C=O) groups is 1. The molecule has 100 valence electrons. The molecule has 2 aromatic rings. The van der Waals surface area contributed by atoms with Gasteiger partial charge in [0.2, 0.25) is 0 Å². The average molecular weight is 270 g/mol. The van der Waals surface area contributed by atoms with E-state index in [0.717, 1.165) is 0 Å². The Balaban J connectivity index is 2.41. The zero-order chi connectivity index (χ0) is 14.5. The summed E-state index contributed by atoms with van der Waals surface area (Å²) in [6.07, 6.45) is -0.427. The van der Waals surface area contributed by atoms with E-state index in [-0.39, 0.29) is 5.56 Å². The first-order valence-electron chi connectivity index (χ1n) is 5.87. The van der Waals surface area contributed by atoms with Gasteiger partial charge in [-0.2, -0.15) is 5.26 Å². The van der Waals surface area contributed by atoms with Crippen LogP contribution in [0.1, 0.15) is 11.1 Å². The Morgan fingerprint density at radius 1 is 1.20 bits per heavy atom. The molecule has 0 aromatic heterocycles. The molecular formula is C15H11FN2O2. The quantitative estimate of drug-likeness (QED) is 0.895. The number of halogens is 1. The monoisotopic (exact) mass is 270 g/mol. The standard InChI is InChI=1S/C15H11FN2O2/c16-12-5-3-7-14(11(12)8-15(19)20)18-13-6-2-1-4-10(13)9-17/h1-7,18H,8H2,(H,19,20). The molecule has 0 spiro atoms. The third kappa shape index (κ3) is 2.93. The second kappa shape index (κ2) is 5.85. The van der Waals surface area contributed by atoms with Gasteiger partial charge in [0.05, 0.1) is 17.7 Å². The van der Waals surface area contributed by atoms with Crippen molar-refractivity contribution in [2.75, 3.05) is 5.32 Å². The van der Waals surface area contributed by atoms with E-state index in [2.05, 4.69) is 5.32 Å². The van der Waals surface area contributed by atoms with Gasteiger partial charge in [0.25, 0.3) is 0 Å². The number of rotatable bonds is 4. The molecule has 0 saturated heterocycles. The van der Waals surface area contributed by atoms with Crippen LogP contribution in [0, 0.1) is 17.1 Å². The lowest BCUT2D eigenvalue weighted by Gasteiger charge is -2.12. The van der Waals surface area contributed by atoms with Gasteiger partial charge < -0.3 is 10.4 Å². The van der Waals surface area contributed by atoms with E-state index in [0.29, 0.717) is 16.9 Å². The molecule has 2 rings (SSSR count). The van der Waals surface area contributed by atoms with Gasteiger partial charge in [0.1, 0.15) is 11.9 Å². The maximum atomic E-state index is 13.7. The van der Waals surface area contributed by atoms with Crippen molar-refractivity contribution in [1.29, 1.82) is 5.26 Å². The SMILES string of the molecule is N#Cc1ccccc1Nc1cccc(F)c1CC(=O)O. The molecule has 0 saturated carbocycles. The number of para-hydroxylation sites is 1. The maximum absolute atomic E-state index is 13.7. The first-order valence-corrected chi connectivity index (χ1v) is 5.87. The van der Waals surface area contributed by atoms with Crippen LogP contribution in [-0.2, 0) is 11.2 Å². The lowest BCUT2D eigenvalue weighted by molar-refractivity contribution is -0.136. The molecule has 5 heteroatoms. The van der Waals surface area contributed by atoms with Crippen LogP contribution in [0.4, 0.5) is 15.8 Å². The van der Waals surface area contributed by atoms with E-state index >= 15 is 0 Å². The first kappa shape index (κ1) is 13.6. The van der Waals surface area contributed by atoms with Crippen molar-refractivity contribution in [3.8, 4) is 6.07 Å². The Labute approximate surface area is 115 Å². The summed E-state index contributed by atoms with van der Waals surface area (Å²) in [5.41, 5.74) is 1.31. The Morgan fingerprint density at radius 2 is 1.90 bits per heavy atom. The number of nitriles is 1. The smallest absolute Gasteiger partial charge is 0.308 e. The van der Waals surface area contributed by atoms with E-state index < -0.39 is 18.2 Å². The van der Waals surface area contributed by atoms with Crippen molar-refractivity contribution in [1.82, 2.24) is 0 Å². The summed E-state index contributed by atoms with van der Waals surface area (Å²) in [7, 11) is 0. The molecule has 0 radical (unpaired) electrons. The first-order chi connectivity index (χ1) is 9.61. The number of carboxylic acid groups (broad SMARTS) is 1. The Hall–Kier alpha value is -2.87. The number of nitrogens with zero attached hydrogens (tertiary/aromatic N) is 1. The third-order valence-electron chi connectivity index (χ3n) is 2.76. The average Bonchev–Trinajstić information content (AvgIpc) is 2.43. The minimum atomic E-state index is -1.12. The van der Waals surface area contributed by atoms with Gasteiger partial charge in [0.15, 0.2) is 0 Å². The second-order valence-corrected chi connectivity index (χ2v) is 4.12. The lowest BCUT2D eigenvalue weighted by atomic mass is 10.1. The second-order valence-electron chi connectivity index (χ2n) is 4.12. The van der Waals surface area contributed by atoms with Crippen molar-refractivity contribution in [2.45, 2.75) is 6.42 Å². The Kier molecular flexibility index (Phi) is 3.96. The predicted molar refractivity (Wildman–Crippen MR) is 72.2 cm³/mol. The minimum Gasteiger partial charge on any atom is -0.481 e. The molecule has 2 aromatic carbocycles. The fourth-order valence-electron chi connectivity index (χ4n) is 1.84. The van der Waals surface area contributed by atoms with E-state index in [1.54, 1.807) is 30.3 Å². The Morgan fingerprint density at radius 3 is 2.60 bits per heavy atom. The summed E-state index contributed by atoms with van der Waals surface area (Å²) in [6, 6.07) is 13.0. The lowest BCUT2D eigenvalue weighted by Crippen LogP contribution is -2.06. The fraction of sp³-hybridized carbons (Fsp3) is 0.0667. The van der Waals surface area contributed by atoms with E-state index in [9.17, 15) is 9.18 Å². The van der Waals surface area contributed by atoms with Gasteiger partial charge in [-0.1, -0.05) is 18.2 Å². The number of hydrogen-bond acceptors (Lipinski definition) is 3. The summed E-state index contributed by atoms with van der Waals surface area (Å²) >= 11 is 0. The number of nitrogens with one attached hydrogen (secondary N) is 1. The van der Waals surface area contributed by atoms with Crippen molar-refractivity contribution in [3.05, 3.63) is 59.4 Å². The fourth-order valence-corrected chi connectivity index (χ4v) is 1.84. The van der Waals surface area contributed by atoms with Gasteiger partial charge in [0, 0.05) is 11.3 Å². The zero-order valence-corrected chi connectivity index (χ0v) is 10.4. The van der Waals surface area contributed by atoms with Crippen LogP contribution < -0.4 is 5.32 Å². The molecule has 0 aliphatic heterocycles. The zero-order valence-electron chi connectivity index (χ0n) is 10.4. The normalized spacial score (nSPS) is 9.80. The van der Waals surface area contributed by atoms with Gasteiger partial charge in [-0.05, 0) is 24.3 Å². The van der Waals surface area contributed by atoms with Crippen LogP contribution in [0.15, 0.2) is 42.5 Å². The van der Waals surface area contributed by atoms with Crippen molar-refractivity contribution >= 4 is 17.3 Å². The van der Waals surface area contributed by atoms with Crippen LogP contribution in [0.5, 0.6) is 0 Å². The molecular weight excluding hydrogens is 259 g/mol. The topological polar surface area (TPSA) is 73.1 Å². The molecule has 20 heavy (non-hydrogen) atoms. The summed E-state index contributed by atoms with van der Waals surface area (Å²) in [5.74, 6) is -1.71. The number of aliphatic carboxylic acids is 1. The highest BCUT2D eigenvalue weighted by Crippen LogP contribution is 2.25. The van der Waals surface area contributed by atoms with Crippen LogP contribution in [0.2, 0.25) is 0 Å². The Bertz CT molecular complexity index is 693. The molecule has 0 aliphatic rings. The van der Waals surface area contributed by atoms with Crippen molar-refractivity contribution < 1.29 is 14.3 Å². The summed E-state index contributed by atoms with van der Waals surface area (Å²) in [5, 5.41) is 20.8. The maximum Gasteiger partial charge on any atom is 0.308 e. The number of hydrogen-bond donors (Lipinski definition) is 2. The molecule has 0 fully saturated rings. The highest BCUT2D eigenvalue weighted by atomic mass is 19.1. The molecule has 0 bridgehead atoms. The van der Waals surface area contributed by atoms with Crippen molar-refractivity contribution in [2.24, 2.45) is 0 Å². The summed E-state index contributed by atoms with van der Waals surface area (Å²) in [4.78, 5) is 10.8. The number of anilines is 2. The van der Waals surface area contributed by atoms with Crippen LogP contribution in [0.3, 0.4) is 0 Å². The van der Waals surface area contributed by atoms with E-state index in [4.69, 9.17) is 10.4 Å². The molecule has 4 nitrogen and oxygen atoms in total. The van der Waals surface area contributed by atoms with Crippen LogP contribution in [0.25, 0.3) is 0 Å². The van der Waals surface area contributed by atoms with Crippen LogP contribution >= 0.6 is 0 Å². The number of carboxylic acids is 1. The van der Waals surface area contributed by atoms with Gasteiger partial charge in [-0.15, -0.1) is 0 Å². The van der Waals surface area contributed by atoms with Crippen LogP contribution in [-0.4, -0.2) is 11.1 Å². The molecule has 0 aliphatic carbocycles. The molecule has 0 atom stereocenters. The van der Waals surface area contributed by atoms with Gasteiger partial charge in [-0.3, -0.25) is 4.79 Å². The largest absolute Gasteiger partial charge is 0.481 e. The molecule has 0 unspecified atom stereocenters. The molecule has 0 amide bonds.